The van der Waals surface area contributed by atoms with E-state index in [1.54, 1.807) is 36.0 Å². The van der Waals surface area contributed by atoms with E-state index < -0.39 is 0 Å². The topological polar surface area (TPSA) is 60.5 Å². The number of rotatable bonds is 6. The summed E-state index contributed by atoms with van der Waals surface area (Å²) in [5.74, 6) is 1.86. The lowest BCUT2D eigenvalue weighted by Crippen LogP contribution is -2.14. The van der Waals surface area contributed by atoms with Gasteiger partial charge in [-0.2, -0.15) is 0 Å². The highest BCUT2D eigenvalue weighted by Gasteiger charge is 2.15. The molecule has 0 unspecified atom stereocenters. The van der Waals surface area contributed by atoms with Gasteiger partial charge in [-0.1, -0.05) is 41.0 Å². The summed E-state index contributed by atoms with van der Waals surface area (Å²) in [6.45, 7) is 0.202. The molecule has 0 aliphatic carbocycles. The van der Waals surface area contributed by atoms with Gasteiger partial charge in [0.1, 0.15) is 4.34 Å². The molecule has 0 radical (unpaired) electrons. The lowest BCUT2D eigenvalue weighted by atomic mass is 10.2. The zero-order valence-corrected chi connectivity index (χ0v) is 17.6. The van der Waals surface area contributed by atoms with Gasteiger partial charge in [-0.05, 0) is 29.8 Å². The largest absolute Gasteiger partial charge is 0.454 e. The molecule has 0 saturated heterocycles. The summed E-state index contributed by atoms with van der Waals surface area (Å²) in [6.07, 6.45) is 0.202. The average molecular weight is 453 g/mol. The SMILES string of the molecule is O=C(Cc1csc(SCc2ccc(Cl)cc2Cl)n1)Nc1ccc2c(c1)OCO2. The van der Waals surface area contributed by atoms with Crippen LogP contribution in [-0.2, 0) is 17.0 Å². The number of ether oxygens (including phenoxy) is 2. The monoisotopic (exact) mass is 452 g/mol. The van der Waals surface area contributed by atoms with Crippen LogP contribution in [0.5, 0.6) is 11.5 Å². The summed E-state index contributed by atoms with van der Waals surface area (Å²) in [5, 5.41) is 6.00. The lowest BCUT2D eigenvalue weighted by Gasteiger charge is -2.05. The predicted molar refractivity (Wildman–Crippen MR) is 113 cm³/mol. The summed E-state index contributed by atoms with van der Waals surface area (Å²) in [5.41, 5.74) is 2.39. The first-order chi connectivity index (χ1) is 13.6. The van der Waals surface area contributed by atoms with Gasteiger partial charge in [0.25, 0.3) is 0 Å². The lowest BCUT2D eigenvalue weighted by molar-refractivity contribution is -0.115. The fourth-order valence-corrected chi connectivity index (χ4v) is 4.96. The highest BCUT2D eigenvalue weighted by Crippen LogP contribution is 2.34. The van der Waals surface area contributed by atoms with Crippen molar-refractivity contribution in [2.75, 3.05) is 12.1 Å². The highest BCUT2D eigenvalue weighted by molar-refractivity contribution is 8.00. The molecule has 0 atom stereocenters. The van der Waals surface area contributed by atoms with Crippen LogP contribution in [0.4, 0.5) is 5.69 Å². The number of fused-ring (bicyclic) bond motifs is 1. The number of benzene rings is 2. The molecule has 1 N–H and O–H groups in total. The number of hydrogen-bond acceptors (Lipinski definition) is 6. The molecule has 0 spiro atoms. The summed E-state index contributed by atoms with van der Waals surface area (Å²) in [6, 6.07) is 10.8. The third-order valence-electron chi connectivity index (χ3n) is 3.89. The molecule has 2 heterocycles. The number of anilines is 1. The normalized spacial score (nSPS) is 12.2. The molecule has 0 fully saturated rings. The van der Waals surface area contributed by atoms with E-state index in [4.69, 9.17) is 32.7 Å². The van der Waals surface area contributed by atoms with Gasteiger partial charge in [0, 0.05) is 32.9 Å². The first-order valence-electron chi connectivity index (χ1n) is 8.27. The van der Waals surface area contributed by atoms with Crippen LogP contribution in [-0.4, -0.2) is 17.7 Å². The first kappa shape index (κ1) is 19.4. The van der Waals surface area contributed by atoms with Crippen LogP contribution < -0.4 is 14.8 Å². The molecule has 3 aromatic rings. The van der Waals surface area contributed by atoms with Gasteiger partial charge in [0.05, 0.1) is 12.1 Å². The maximum atomic E-state index is 12.3. The Kier molecular flexibility index (Phi) is 5.96. The van der Waals surface area contributed by atoms with Crippen LogP contribution >= 0.6 is 46.3 Å². The zero-order chi connectivity index (χ0) is 19.5. The molecule has 28 heavy (non-hydrogen) atoms. The van der Waals surface area contributed by atoms with Crippen molar-refractivity contribution in [3.8, 4) is 11.5 Å². The summed E-state index contributed by atoms with van der Waals surface area (Å²) in [7, 11) is 0. The molecule has 1 aromatic heterocycles. The Bertz CT molecular complexity index is 1030. The van der Waals surface area contributed by atoms with E-state index in [0.29, 0.717) is 33.0 Å². The van der Waals surface area contributed by atoms with Gasteiger partial charge in [-0.15, -0.1) is 11.3 Å². The van der Waals surface area contributed by atoms with Crippen LogP contribution in [0.3, 0.4) is 0 Å². The van der Waals surface area contributed by atoms with Crippen LogP contribution in [0.1, 0.15) is 11.3 Å². The number of nitrogens with one attached hydrogen (secondary N) is 1. The number of aromatic nitrogens is 1. The van der Waals surface area contributed by atoms with E-state index in [0.717, 1.165) is 15.6 Å². The second kappa shape index (κ2) is 8.61. The smallest absolute Gasteiger partial charge is 0.231 e. The maximum absolute atomic E-state index is 12.3. The van der Waals surface area contributed by atoms with Crippen molar-refractivity contribution in [2.45, 2.75) is 16.5 Å². The Morgan fingerprint density at radius 1 is 1.18 bits per heavy atom. The van der Waals surface area contributed by atoms with Crippen molar-refractivity contribution >= 4 is 57.9 Å². The minimum atomic E-state index is -0.138. The van der Waals surface area contributed by atoms with Crippen molar-refractivity contribution in [1.82, 2.24) is 4.98 Å². The number of thioether (sulfide) groups is 1. The number of halogens is 2. The molecule has 5 nitrogen and oxygen atoms in total. The van der Waals surface area contributed by atoms with E-state index in [9.17, 15) is 4.79 Å². The quantitative estimate of drug-likeness (QED) is 0.489. The van der Waals surface area contributed by atoms with E-state index >= 15 is 0 Å². The molecule has 1 aliphatic heterocycles. The van der Waals surface area contributed by atoms with E-state index in [2.05, 4.69) is 10.3 Å². The fraction of sp³-hybridized carbons (Fsp3) is 0.158. The first-order valence-corrected chi connectivity index (χ1v) is 10.9. The molecule has 0 saturated carbocycles. The van der Waals surface area contributed by atoms with E-state index in [1.807, 2.05) is 17.5 Å². The van der Waals surface area contributed by atoms with E-state index in [-0.39, 0.29) is 19.1 Å². The predicted octanol–water partition coefficient (Wildman–Crippen LogP) is 5.65. The second-order valence-electron chi connectivity index (χ2n) is 5.92. The van der Waals surface area contributed by atoms with Gasteiger partial charge in [-0.3, -0.25) is 4.79 Å². The second-order valence-corrected chi connectivity index (χ2v) is 8.85. The molecular weight excluding hydrogens is 439 g/mol. The van der Waals surface area contributed by atoms with Gasteiger partial charge < -0.3 is 14.8 Å². The Morgan fingerprint density at radius 2 is 2.04 bits per heavy atom. The fourth-order valence-electron chi connectivity index (χ4n) is 2.56. The van der Waals surface area contributed by atoms with Crippen molar-refractivity contribution in [2.24, 2.45) is 0 Å². The van der Waals surface area contributed by atoms with Crippen molar-refractivity contribution in [3.63, 3.8) is 0 Å². The summed E-state index contributed by atoms with van der Waals surface area (Å²) >= 11 is 15.2. The molecule has 1 aliphatic rings. The van der Waals surface area contributed by atoms with Crippen LogP contribution in [0.25, 0.3) is 0 Å². The Hall–Kier alpha value is -1.93. The summed E-state index contributed by atoms with van der Waals surface area (Å²) < 4.78 is 11.5. The van der Waals surface area contributed by atoms with Gasteiger partial charge in [-0.25, -0.2) is 4.98 Å². The van der Waals surface area contributed by atoms with Crippen molar-refractivity contribution in [1.29, 1.82) is 0 Å². The maximum Gasteiger partial charge on any atom is 0.231 e. The molecule has 4 rings (SSSR count). The number of carbonyl (C=O) groups excluding carboxylic acids is 1. The standard InChI is InChI=1S/C19H14Cl2N2O3S2/c20-12-2-1-11(15(21)5-12)8-27-19-23-14(9-28-19)7-18(24)22-13-3-4-16-17(6-13)26-10-25-16/h1-6,9H,7-8,10H2,(H,22,24). The number of hydrogen-bond donors (Lipinski definition) is 1. The van der Waals surface area contributed by atoms with E-state index in [1.165, 1.54) is 11.3 Å². The Balaban J connectivity index is 1.32. The third kappa shape index (κ3) is 4.72. The number of carbonyl (C=O) groups is 1. The average Bonchev–Trinajstić information content (AvgIpc) is 3.29. The molecule has 2 aromatic carbocycles. The van der Waals surface area contributed by atoms with Gasteiger partial charge in [0.15, 0.2) is 11.5 Å². The van der Waals surface area contributed by atoms with Gasteiger partial charge in [0.2, 0.25) is 12.7 Å². The summed E-state index contributed by atoms with van der Waals surface area (Å²) in [4.78, 5) is 16.8. The Morgan fingerprint density at radius 3 is 2.89 bits per heavy atom. The van der Waals surface area contributed by atoms with Gasteiger partial charge >= 0.3 is 0 Å². The number of nitrogens with zero attached hydrogens (tertiary/aromatic N) is 1. The number of thiazole rings is 1. The Labute approximate surface area is 180 Å². The van der Waals surface area contributed by atoms with Crippen LogP contribution in [0.2, 0.25) is 10.0 Å². The minimum Gasteiger partial charge on any atom is -0.454 e. The highest BCUT2D eigenvalue weighted by atomic mass is 35.5. The molecule has 0 bridgehead atoms. The van der Waals surface area contributed by atoms with Crippen LogP contribution in [0, 0.1) is 0 Å². The third-order valence-corrected chi connectivity index (χ3v) is 6.60. The molecule has 144 valence electrons. The zero-order valence-electron chi connectivity index (χ0n) is 14.4. The van der Waals surface area contributed by atoms with Crippen molar-refractivity contribution < 1.29 is 14.3 Å². The molecule has 1 amide bonds. The molecular formula is C19H14Cl2N2O3S2. The van der Waals surface area contributed by atoms with Crippen LogP contribution in [0.15, 0.2) is 46.1 Å². The number of amides is 1. The molecule has 9 heteroatoms. The van der Waals surface area contributed by atoms with Crippen molar-refractivity contribution in [3.05, 3.63) is 63.1 Å². The minimum absolute atomic E-state index is 0.138.